The van der Waals surface area contributed by atoms with E-state index < -0.39 is 6.04 Å². The molecule has 3 aromatic rings. The van der Waals surface area contributed by atoms with Crippen LogP contribution in [0.5, 0.6) is 0 Å². The van der Waals surface area contributed by atoms with Gasteiger partial charge in [-0.3, -0.25) is 14.7 Å². The number of hydrogen-bond acceptors (Lipinski definition) is 4. The molecule has 34 heavy (non-hydrogen) atoms. The Morgan fingerprint density at radius 3 is 2.88 bits per heavy atom. The summed E-state index contributed by atoms with van der Waals surface area (Å²) in [5.41, 5.74) is 7.37. The van der Waals surface area contributed by atoms with Crippen LogP contribution in [-0.4, -0.2) is 56.5 Å². The predicted octanol–water partition coefficient (Wildman–Crippen LogP) is 3.61. The minimum atomic E-state index is -0.476. The molecule has 8 heteroatoms. The van der Waals surface area contributed by atoms with Gasteiger partial charge in [-0.1, -0.05) is 13.8 Å². The van der Waals surface area contributed by atoms with Gasteiger partial charge in [0.05, 0.1) is 11.0 Å². The molecule has 2 aromatic heterocycles. The predicted molar refractivity (Wildman–Crippen MR) is 130 cm³/mol. The van der Waals surface area contributed by atoms with E-state index in [1.54, 1.807) is 16.8 Å². The maximum atomic E-state index is 13.2. The Hall–Kier alpha value is -3.16. The first-order valence-electron chi connectivity index (χ1n) is 12.3. The Morgan fingerprint density at radius 2 is 2.15 bits per heavy atom. The molecule has 8 nitrogen and oxygen atoms in total. The Balaban J connectivity index is 1.30. The molecule has 2 amide bonds. The first-order valence-corrected chi connectivity index (χ1v) is 12.3. The minimum absolute atomic E-state index is 0.0570. The number of aryl methyl sites for hydroxylation is 1. The van der Waals surface area contributed by atoms with E-state index in [2.05, 4.69) is 29.0 Å². The van der Waals surface area contributed by atoms with Crippen LogP contribution in [0.3, 0.4) is 0 Å². The monoisotopic (exact) mass is 460 g/mol. The summed E-state index contributed by atoms with van der Waals surface area (Å²) in [4.78, 5) is 37.0. The molecule has 1 aromatic carbocycles. The lowest BCUT2D eigenvalue weighted by Crippen LogP contribution is -2.46. The van der Waals surface area contributed by atoms with E-state index >= 15 is 0 Å². The quantitative estimate of drug-likeness (QED) is 0.621. The summed E-state index contributed by atoms with van der Waals surface area (Å²) in [6.45, 7) is 9.20. The van der Waals surface area contributed by atoms with E-state index in [1.807, 2.05) is 26.0 Å². The Labute approximate surface area is 199 Å². The molecule has 1 saturated heterocycles. The number of hydrogen-bond donors (Lipinski definition) is 2. The maximum absolute atomic E-state index is 13.2. The average Bonchev–Trinajstić information content (AvgIpc) is 3.31. The summed E-state index contributed by atoms with van der Waals surface area (Å²) in [6, 6.07) is 3.52. The summed E-state index contributed by atoms with van der Waals surface area (Å²) < 4.78 is 0. The summed E-state index contributed by atoms with van der Waals surface area (Å²) in [6.07, 6.45) is 3.44. The SMILES string of the molecule is Cc1cc2[nH]c(-c3n[nH]c4c3C[C@@H]3[C@H](C)[C@]3(C)C4)nc2cc1N(C)C(=O)C(C)N1CCCC1=O. The number of carbonyl (C=O) groups excluding carboxylic acids is 2. The molecule has 1 aliphatic heterocycles. The number of nitrogens with zero attached hydrogens (tertiary/aromatic N) is 4. The van der Waals surface area contributed by atoms with Crippen molar-refractivity contribution in [3.05, 3.63) is 29.0 Å². The lowest BCUT2D eigenvalue weighted by Gasteiger charge is -2.28. The standard InChI is InChI=1S/C26H32N6O2/c1-13-9-18-19(11-21(13)31(5)25(34)15(3)32-8-6-7-22(32)33)28-24(27-18)23-16-10-17-14(2)26(17,4)12-20(16)29-30-23/h9,11,14-15,17H,6-8,10,12H2,1-5H3,(H,27,28)(H,29,30)/t14-,15?,17+,26-/m0/s1. The molecule has 178 valence electrons. The van der Waals surface area contributed by atoms with E-state index in [-0.39, 0.29) is 11.8 Å². The van der Waals surface area contributed by atoms with Gasteiger partial charge in [0.25, 0.3) is 0 Å². The van der Waals surface area contributed by atoms with Gasteiger partial charge in [-0.2, -0.15) is 5.10 Å². The number of amides is 2. The zero-order valence-corrected chi connectivity index (χ0v) is 20.5. The third-order valence-electron chi connectivity index (χ3n) is 8.97. The molecule has 3 heterocycles. The van der Waals surface area contributed by atoms with Gasteiger partial charge in [-0.05, 0) is 68.1 Å². The van der Waals surface area contributed by atoms with Crippen molar-refractivity contribution in [2.24, 2.45) is 17.3 Å². The van der Waals surface area contributed by atoms with Crippen molar-refractivity contribution in [3.63, 3.8) is 0 Å². The number of aromatic nitrogens is 4. The molecule has 0 bridgehead atoms. The molecule has 4 atom stereocenters. The summed E-state index contributed by atoms with van der Waals surface area (Å²) in [7, 11) is 1.78. The van der Waals surface area contributed by atoms with Gasteiger partial charge in [0.15, 0.2) is 5.82 Å². The first kappa shape index (κ1) is 21.4. The van der Waals surface area contributed by atoms with Gasteiger partial charge in [-0.25, -0.2) is 4.98 Å². The second-order valence-electron chi connectivity index (χ2n) is 10.8. The highest BCUT2D eigenvalue weighted by Gasteiger charge is 2.60. The fourth-order valence-electron chi connectivity index (χ4n) is 6.41. The lowest BCUT2D eigenvalue weighted by molar-refractivity contribution is -0.135. The molecule has 0 radical (unpaired) electrons. The number of benzene rings is 1. The number of likely N-dealkylation sites (tertiary alicyclic amines) is 1. The van der Waals surface area contributed by atoms with Gasteiger partial charge >= 0.3 is 0 Å². The summed E-state index contributed by atoms with van der Waals surface area (Å²) >= 11 is 0. The van der Waals surface area contributed by atoms with Crippen molar-refractivity contribution >= 4 is 28.5 Å². The van der Waals surface area contributed by atoms with E-state index in [1.165, 1.54) is 11.3 Å². The highest BCUT2D eigenvalue weighted by Crippen LogP contribution is 2.64. The number of carbonyl (C=O) groups is 2. The van der Waals surface area contributed by atoms with Crippen LogP contribution in [0.15, 0.2) is 12.1 Å². The summed E-state index contributed by atoms with van der Waals surface area (Å²) in [5, 5.41) is 7.91. The molecule has 3 aliphatic rings. The van der Waals surface area contributed by atoms with Crippen LogP contribution in [0.1, 0.15) is 50.4 Å². The van der Waals surface area contributed by atoms with Crippen LogP contribution >= 0.6 is 0 Å². The van der Waals surface area contributed by atoms with E-state index in [0.717, 1.165) is 64.9 Å². The third kappa shape index (κ3) is 2.96. The number of imidazole rings is 1. The molecule has 2 fully saturated rings. The maximum Gasteiger partial charge on any atom is 0.249 e. The van der Waals surface area contributed by atoms with Crippen molar-refractivity contribution in [3.8, 4) is 11.5 Å². The van der Waals surface area contributed by atoms with Crippen LogP contribution in [0.4, 0.5) is 5.69 Å². The average molecular weight is 461 g/mol. The highest BCUT2D eigenvalue weighted by atomic mass is 16.2. The minimum Gasteiger partial charge on any atom is -0.337 e. The van der Waals surface area contributed by atoms with Crippen molar-refractivity contribution in [1.82, 2.24) is 25.1 Å². The molecule has 2 N–H and O–H groups in total. The van der Waals surface area contributed by atoms with Crippen LogP contribution < -0.4 is 4.90 Å². The highest BCUT2D eigenvalue weighted by molar-refractivity contribution is 6.01. The molecular weight excluding hydrogens is 428 g/mol. The Bertz CT molecular complexity index is 1340. The van der Waals surface area contributed by atoms with Gasteiger partial charge in [0.1, 0.15) is 11.7 Å². The van der Waals surface area contributed by atoms with Gasteiger partial charge in [-0.15, -0.1) is 0 Å². The number of aromatic amines is 2. The second-order valence-corrected chi connectivity index (χ2v) is 10.8. The lowest BCUT2D eigenvalue weighted by atomic mass is 9.87. The first-order chi connectivity index (χ1) is 16.2. The van der Waals surface area contributed by atoms with Crippen LogP contribution in [0.25, 0.3) is 22.6 Å². The van der Waals surface area contributed by atoms with E-state index in [0.29, 0.717) is 18.4 Å². The van der Waals surface area contributed by atoms with Crippen molar-refractivity contribution in [2.75, 3.05) is 18.5 Å². The van der Waals surface area contributed by atoms with Crippen molar-refractivity contribution in [1.29, 1.82) is 0 Å². The zero-order valence-electron chi connectivity index (χ0n) is 20.5. The van der Waals surface area contributed by atoms with Gasteiger partial charge in [0, 0.05) is 37.0 Å². The van der Waals surface area contributed by atoms with Gasteiger partial charge < -0.3 is 14.8 Å². The van der Waals surface area contributed by atoms with Crippen molar-refractivity contribution in [2.45, 2.75) is 59.4 Å². The Kier molecular flexibility index (Phi) is 4.51. The largest absolute Gasteiger partial charge is 0.337 e. The van der Waals surface area contributed by atoms with E-state index in [9.17, 15) is 9.59 Å². The zero-order chi connectivity index (χ0) is 23.9. The third-order valence-corrected chi connectivity index (χ3v) is 8.97. The molecular formula is C26H32N6O2. The molecule has 6 rings (SSSR count). The van der Waals surface area contributed by atoms with Crippen molar-refractivity contribution < 1.29 is 9.59 Å². The number of rotatable bonds is 4. The fraction of sp³-hybridized carbons (Fsp3) is 0.538. The molecule has 1 unspecified atom stereocenters. The second kappa shape index (κ2) is 7.17. The fourth-order valence-corrected chi connectivity index (χ4v) is 6.41. The topological polar surface area (TPSA) is 98.0 Å². The normalized spacial score (nSPS) is 26.5. The van der Waals surface area contributed by atoms with Crippen LogP contribution in [0.2, 0.25) is 0 Å². The number of anilines is 1. The van der Waals surface area contributed by atoms with Crippen LogP contribution in [0, 0.1) is 24.2 Å². The molecule has 2 aliphatic carbocycles. The number of H-pyrrole nitrogens is 2. The Morgan fingerprint density at radius 1 is 1.35 bits per heavy atom. The number of nitrogens with one attached hydrogen (secondary N) is 2. The smallest absolute Gasteiger partial charge is 0.249 e. The number of likely N-dealkylation sites (N-methyl/N-ethyl adjacent to an activating group) is 1. The van der Waals surface area contributed by atoms with E-state index in [4.69, 9.17) is 4.98 Å². The molecule has 0 spiro atoms. The molecule has 1 saturated carbocycles. The number of fused-ring (bicyclic) bond motifs is 3. The van der Waals surface area contributed by atoms with Crippen LogP contribution in [-0.2, 0) is 22.4 Å². The summed E-state index contributed by atoms with van der Waals surface area (Å²) in [5.74, 6) is 2.20. The van der Waals surface area contributed by atoms with Gasteiger partial charge in [0.2, 0.25) is 11.8 Å².